The molecule has 0 unspecified atom stereocenters. The van der Waals surface area contributed by atoms with Crippen molar-refractivity contribution >= 4 is 22.5 Å². The van der Waals surface area contributed by atoms with Crippen LogP contribution in [0.5, 0.6) is 5.75 Å². The normalized spacial score (nSPS) is 10.8. The Hall–Kier alpha value is -1.93. The van der Waals surface area contributed by atoms with Gasteiger partial charge in [-0.05, 0) is 42.0 Å². The second-order valence-electron chi connectivity index (χ2n) is 4.41. The quantitative estimate of drug-likeness (QED) is 0.697. The van der Waals surface area contributed by atoms with E-state index in [2.05, 4.69) is 16.8 Å². The summed E-state index contributed by atoms with van der Waals surface area (Å²) in [5.41, 5.74) is 2.32. The molecule has 0 atom stereocenters. The Bertz CT molecular complexity index is 718. The zero-order valence-corrected chi connectivity index (χ0v) is 11.3. The maximum Gasteiger partial charge on any atom is 0.119 e. The van der Waals surface area contributed by atoms with Gasteiger partial charge in [0, 0.05) is 22.5 Å². The third-order valence-corrected chi connectivity index (χ3v) is 3.37. The molecule has 0 aliphatic carbocycles. The van der Waals surface area contributed by atoms with Gasteiger partial charge in [0.15, 0.2) is 0 Å². The molecule has 0 saturated carbocycles. The van der Waals surface area contributed by atoms with Crippen LogP contribution in [-0.4, -0.2) is 11.7 Å². The summed E-state index contributed by atoms with van der Waals surface area (Å²) in [6.07, 6.45) is 3.24. The number of aromatic nitrogens is 1. The van der Waals surface area contributed by atoms with Gasteiger partial charge in [0.2, 0.25) is 0 Å². The maximum atomic E-state index is 5.99. The van der Waals surface area contributed by atoms with E-state index in [-0.39, 0.29) is 0 Å². The first-order valence-corrected chi connectivity index (χ1v) is 6.43. The molecule has 2 nitrogen and oxygen atoms in total. The molecule has 95 valence electrons. The van der Waals surface area contributed by atoms with Crippen LogP contribution < -0.4 is 4.74 Å². The maximum absolute atomic E-state index is 5.99. The van der Waals surface area contributed by atoms with Crippen molar-refractivity contribution in [2.24, 2.45) is 0 Å². The van der Waals surface area contributed by atoms with Crippen molar-refractivity contribution in [1.82, 2.24) is 4.57 Å². The Morgan fingerprint density at radius 1 is 1.21 bits per heavy atom. The summed E-state index contributed by atoms with van der Waals surface area (Å²) in [5, 5.41) is 1.86. The van der Waals surface area contributed by atoms with Crippen LogP contribution in [0.1, 0.15) is 5.56 Å². The second-order valence-corrected chi connectivity index (χ2v) is 4.85. The lowest BCUT2D eigenvalue weighted by Gasteiger charge is -2.07. The van der Waals surface area contributed by atoms with Crippen LogP contribution in [0.15, 0.2) is 48.5 Å². The van der Waals surface area contributed by atoms with Gasteiger partial charge in [-0.3, -0.25) is 0 Å². The first-order valence-electron chi connectivity index (χ1n) is 6.06. The molecule has 2 aromatic carbocycles. The van der Waals surface area contributed by atoms with Gasteiger partial charge >= 0.3 is 0 Å². The zero-order chi connectivity index (χ0) is 13.2. The van der Waals surface area contributed by atoms with E-state index in [4.69, 9.17) is 16.3 Å². The predicted molar refractivity (Wildman–Crippen MR) is 77.9 cm³/mol. The Labute approximate surface area is 117 Å². The van der Waals surface area contributed by atoms with Crippen molar-refractivity contribution in [1.29, 1.82) is 0 Å². The molecular formula is C16H13ClNO. The van der Waals surface area contributed by atoms with Crippen molar-refractivity contribution in [3.63, 3.8) is 0 Å². The molecule has 1 aromatic heterocycles. The number of benzene rings is 2. The van der Waals surface area contributed by atoms with Crippen molar-refractivity contribution in [2.45, 2.75) is 6.54 Å². The van der Waals surface area contributed by atoms with Gasteiger partial charge in [-0.2, -0.15) is 0 Å². The largest absolute Gasteiger partial charge is 0.497 e. The first-order chi connectivity index (χ1) is 9.26. The molecule has 0 amide bonds. The van der Waals surface area contributed by atoms with Gasteiger partial charge in [-0.1, -0.05) is 23.7 Å². The van der Waals surface area contributed by atoms with Gasteiger partial charge in [0.1, 0.15) is 5.75 Å². The molecule has 0 spiro atoms. The molecule has 1 heterocycles. The molecule has 3 heteroatoms. The van der Waals surface area contributed by atoms with E-state index in [1.54, 1.807) is 7.11 Å². The molecule has 0 bridgehead atoms. The van der Waals surface area contributed by atoms with Gasteiger partial charge in [-0.25, -0.2) is 0 Å². The predicted octanol–water partition coefficient (Wildman–Crippen LogP) is 4.15. The average molecular weight is 271 g/mol. The van der Waals surface area contributed by atoms with E-state index >= 15 is 0 Å². The Balaban J connectivity index is 1.96. The summed E-state index contributed by atoms with van der Waals surface area (Å²) in [5.74, 6) is 0.872. The minimum absolute atomic E-state index is 0.750. The highest BCUT2D eigenvalue weighted by Crippen LogP contribution is 2.22. The number of halogens is 1. The van der Waals surface area contributed by atoms with Crippen LogP contribution in [0.3, 0.4) is 0 Å². The highest BCUT2D eigenvalue weighted by molar-refractivity contribution is 6.31. The number of ether oxygens (including phenoxy) is 1. The van der Waals surface area contributed by atoms with Gasteiger partial charge in [0.05, 0.1) is 13.3 Å². The van der Waals surface area contributed by atoms with Crippen LogP contribution in [0.4, 0.5) is 0 Å². The lowest BCUT2D eigenvalue weighted by atomic mass is 10.2. The standard InChI is InChI=1S/C16H13ClNO/c1-19-15-4-2-3-12(9-15)11-18-8-7-13-10-14(17)5-6-16(13)18/h2-7,9-10H,11H2,1H3. The topological polar surface area (TPSA) is 14.2 Å². The Morgan fingerprint density at radius 2 is 2.11 bits per heavy atom. The third kappa shape index (κ3) is 2.45. The van der Waals surface area contributed by atoms with Crippen molar-refractivity contribution < 1.29 is 4.74 Å². The Kier molecular flexibility index (Phi) is 3.18. The summed E-state index contributed by atoms with van der Waals surface area (Å²) in [6.45, 7) is 0.766. The van der Waals surface area contributed by atoms with E-state index in [1.807, 2.05) is 42.5 Å². The number of rotatable bonds is 3. The zero-order valence-electron chi connectivity index (χ0n) is 10.6. The van der Waals surface area contributed by atoms with E-state index in [0.29, 0.717) is 0 Å². The van der Waals surface area contributed by atoms with Crippen LogP contribution in [0, 0.1) is 6.20 Å². The highest BCUT2D eigenvalue weighted by atomic mass is 35.5. The average Bonchev–Trinajstić information content (AvgIpc) is 2.81. The SMILES string of the molecule is COc1cccc(Cn2[c]cc3cc(Cl)ccc32)c1. The molecule has 3 rings (SSSR count). The first kappa shape index (κ1) is 12.1. The van der Waals surface area contributed by atoms with Crippen molar-refractivity contribution in [2.75, 3.05) is 7.11 Å². The third-order valence-electron chi connectivity index (χ3n) is 3.13. The van der Waals surface area contributed by atoms with Gasteiger partial charge in [-0.15, -0.1) is 0 Å². The molecule has 1 radical (unpaired) electrons. The Morgan fingerprint density at radius 3 is 2.95 bits per heavy atom. The summed E-state index contributed by atoms with van der Waals surface area (Å²) >= 11 is 5.99. The molecular weight excluding hydrogens is 258 g/mol. The molecule has 0 aliphatic heterocycles. The minimum atomic E-state index is 0.750. The fourth-order valence-corrected chi connectivity index (χ4v) is 2.37. The molecule has 3 aromatic rings. The molecule has 0 saturated heterocycles. The number of nitrogens with zero attached hydrogens (tertiary/aromatic N) is 1. The van der Waals surface area contributed by atoms with E-state index in [0.717, 1.165) is 28.2 Å². The number of hydrogen-bond acceptors (Lipinski definition) is 1. The lowest BCUT2D eigenvalue weighted by molar-refractivity contribution is 0.414. The minimum Gasteiger partial charge on any atom is -0.497 e. The number of fused-ring (bicyclic) bond motifs is 1. The van der Waals surface area contributed by atoms with Crippen LogP contribution in [0.2, 0.25) is 5.02 Å². The van der Waals surface area contributed by atoms with Crippen molar-refractivity contribution in [3.8, 4) is 5.75 Å². The fourth-order valence-electron chi connectivity index (χ4n) is 2.19. The van der Waals surface area contributed by atoms with E-state index < -0.39 is 0 Å². The molecule has 0 N–H and O–H groups in total. The van der Waals surface area contributed by atoms with Crippen LogP contribution in [0.25, 0.3) is 10.9 Å². The lowest BCUT2D eigenvalue weighted by Crippen LogP contribution is -1.98. The molecule has 19 heavy (non-hydrogen) atoms. The van der Waals surface area contributed by atoms with Crippen molar-refractivity contribution in [3.05, 3.63) is 65.3 Å². The number of methoxy groups -OCH3 is 1. The van der Waals surface area contributed by atoms with Gasteiger partial charge < -0.3 is 9.30 Å². The smallest absolute Gasteiger partial charge is 0.119 e. The summed E-state index contributed by atoms with van der Waals surface area (Å²) in [7, 11) is 1.68. The molecule has 0 fully saturated rings. The summed E-state index contributed by atoms with van der Waals surface area (Å²) < 4.78 is 7.32. The summed E-state index contributed by atoms with van der Waals surface area (Å²) in [4.78, 5) is 0. The second kappa shape index (κ2) is 4.98. The van der Waals surface area contributed by atoms with E-state index in [1.165, 1.54) is 5.56 Å². The van der Waals surface area contributed by atoms with E-state index in [9.17, 15) is 0 Å². The monoisotopic (exact) mass is 270 g/mol. The van der Waals surface area contributed by atoms with Crippen LogP contribution in [-0.2, 0) is 6.54 Å². The fraction of sp³-hybridized carbons (Fsp3) is 0.125. The summed E-state index contributed by atoms with van der Waals surface area (Å²) in [6, 6.07) is 15.9. The van der Waals surface area contributed by atoms with Gasteiger partial charge in [0.25, 0.3) is 0 Å². The molecule has 0 aliphatic rings. The number of hydrogen-bond donors (Lipinski definition) is 0. The highest BCUT2D eigenvalue weighted by Gasteiger charge is 2.03. The van der Waals surface area contributed by atoms with Crippen LogP contribution >= 0.6 is 11.6 Å².